The number of hydrogen-bond donors (Lipinski definition) is 0. The maximum atomic E-state index is 4.63. The van der Waals surface area contributed by atoms with Gasteiger partial charge in [-0.05, 0) is 38.4 Å². The molecule has 1 aromatic heterocycles. The molecule has 0 aliphatic carbocycles. The standard InChI is InChI=1S/C16H26N4/c1-2-16-17-8-6-14(18-16)12-19-11-7-15(13-19)20-9-4-3-5-10-20/h6,8,15H,2-5,7,9-13H2,1H3/t15-/m0/s1. The average Bonchev–Trinajstić information content (AvgIpc) is 2.97. The van der Waals surface area contributed by atoms with Gasteiger partial charge in [-0.25, -0.2) is 9.97 Å². The van der Waals surface area contributed by atoms with E-state index in [0.717, 1.165) is 24.8 Å². The smallest absolute Gasteiger partial charge is 0.128 e. The minimum Gasteiger partial charge on any atom is -0.299 e. The molecule has 20 heavy (non-hydrogen) atoms. The van der Waals surface area contributed by atoms with E-state index in [9.17, 15) is 0 Å². The quantitative estimate of drug-likeness (QED) is 0.841. The Bertz CT molecular complexity index is 428. The van der Waals surface area contributed by atoms with Gasteiger partial charge in [0, 0.05) is 38.3 Å². The highest BCUT2D eigenvalue weighted by Gasteiger charge is 2.28. The van der Waals surface area contributed by atoms with Gasteiger partial charge >= 0.3 is 0 Å². The second-order valence-electron chi connectivity index (χ2n) is 6.09. The summed E-state index contributed by atoms with van der Waals surface area (Å²) in [6.07, 6.45) is 8.35. The summed E-state index contributed by atoms with van der Waals surface area (Å²) in [6.45, 7) is 8.15. The molecule has 110 valence electrons. The van der Waals surface area contributed by atoms with Crippen molar-refractivity contribution in [1.29, 1.82) is 0 Å². The largest absolute Gasteiger partial charge is 0.299 e. The van der Waals surface area contributed by atoms with E-state index < -0.39 is 0 Å². The Hall–Kier alpha value is -1.00. The Balaban J connectivity index is 1.54. The highest BCUT2D eigenvalue weighted by Crippen LogP contribution is 2.21. The molecule has 0 saturated carbocycles. The zero-order valence-corrected chi connectivity index (χ0v) is 12.6. The van der Waals surface area contributed by atoms with Crippen LogP contribution in [-0.4, -0.2) is 52.0 Å². The maximum absolute atomic E-state index is 4.63. The molecule has 2 saturated heterocycles. The van der Waals surface area contributed by atoms with Crippen LogP contribution in [0, 0.1) is 0 Å². The minimum absolute atomic E-state index is 0.780. The molecule has 0 N–H and O–H groups in total. The molecule has 0 radical (unpaired) electrons. The highest BCUT2D eigenvalue weighted by atomic mass is 15.3. The van der Waals surface area contributed by atoms with Crippen LogP contribution in [0.3, 0.4) is 0 Å². The van der Waals surface area contributed by atoms with Crippen LogP contribution in [0.25, 0.3) is 0 Å². The van der Waals surface area contributed by atoms with E-state index in [1.807, 2.05) is 6.20 Å². The molecule has 1 aromatic rings. The van der Waals surface area contributed by atoms with Gasteiger partial charge in [-0.15, -0.1) is 0 Å². The average molecular weight is 274 g/mol. The van der Waals surface area contributed by atoms with Crippen molar-refractivity contribution in [2.24, 2.45) is 0 Å². The molecular formula is C16H26N4. The van der Waals surface area contributed by atoms with Gasteiger partial charge in [0.1, 0.15) is 5.82 Å². The molecule has 3 rings (SSSR count). The zero-order valence-electron chi connectivity index (χ0n) is 12.6. The molecule has 0 bridgehead atoms. The maximum Gasteiger partial charge on any atom is 0.128 e. The zero-order chi connectivity index (χ0) is 13.8. The summed E-state index contributed by atoms with van der Waals surface area (Å²) in [4.78, 5) is 14.2. The van der Waals surface area contributed by atoms with E-state index in [2.05, 4.69) is 32.8 Å². The summed E-state index contributed by atoms with van der Waals surface area (Å²) in [7, 11) is 0. The van der Waals surface area contributed by atoms with Crippen molar-refractivity contribution in [2.75, 3.05) is 26.2 Å². The van der Waals surface area contributed by atoms with Gasteiger partial charge in [0.15, 0.2) is 0 Å². The van der Waals surface area contributed by atoms with E-state index in [-0.39, 0.29) is 0 Å². The third-order valence-corrected chi connectivity index (χ3v) is 4.62. The van der Waals surface area contributed by atoms with Crippen molar-refractivity contribution in [3.05, 3.63) is 23.8 Å². The van der Waals surface area contributed by atoms with E-state index in [1.165, 1.54) is 57.6 Å². The van der Waals surface area contributed by atoms with E-state index in [4.69, 9.17) is 0 Å². The molecule has 2 aliphatic rings. The normalized spacial score (nSPS) is 25.1. The van der Waals surface area contributed by atoms with Crippen LogP contribution < -0.4 is 0 Å². The molecule has 4 heteroatoms. The number of likely N-dealkylation sites (tertiary alicyclic amines) is 2. The highest BCUT2D eigenvalue weighted by molar-refractivity contribution is 5.03. The van der Waals surface area contributed by atoms with Gasteiger partial charge in [0.25, 0.3) is 0 Å². The number of hydrogen-bond acceptors (Lipinski definition) is 4. The van der Waals surface area contributed by atoms with E-state index in [1.54, 1.807) is 0 Å². The third kappa shape index (κ3) is 3.36. The van der Waals surface area contributed by atoms with Crippen LogP contribution in [0.4, 0.5) is 0 Å². The minimum atomic E-state index is 0.780. The topological polar surface area (TPSA) is 32.3 Å². The summed E-state index contributed by atoms with van der Waals surface area (Å²) < 4.78 is 0. The Labute approximate surface area is 122 Å². The molecule has 0 amide bonds. The van der Waals surface area contributed by atoms with Gasteiger partial charge in [0.2, 0.25) is 0 Å². The van der Waals surface area contributed by atoms with Crippen molar-refractivity contribution in [3.63, 3.8) is 0 Å². The lowest BCUT2D eigenvalue weighted by molar-refractivity contribution is 0.161. The van der Waals surface area contributed by atoms with Crippen LogP contribution >= 0.6 is 0 Å². The first-order valence-electron chi connectivity index (χ1n) is 8.12. The first-order valence-corrected chi connectivity index (χ1v) is 8.12. The van der Waals surface area contributed by atoms with Crippen molar-refractivity contribution < 1.29 is 0 Å². The van der Waals surface area contributed by atoms with Crippen LogP contribution in [0.15, 0.2) is 12.3 Å². The fraction of sp³-hybridized carbons (Fsp3) is 0.750. The van der Waals surface area contributed by atoms with Crippen LogP contribution in [0.1, 0.15) is 44.1 Å². The number of nitrogens with zero attached hydrogens (tertiary/aromatic N) is 4. The number of aromatic nitrogens is 2. The summed E-state index contributed by atoms with van der Waals surface area (Å²) >= 11 is 0. The monoisotopic (exact) mass is 274 g/mol. The molecule has 4 nitrogen and oxygen atoms in total. The van der Waals surface area contributed by atoms with Crippen LogP contribution in [0.5, 0.6) is 0 Å². The van der Waals surface area contributed by atoms with Gasteiger partial charge in [-0.3, -0.25) is 9.80 Å². The Morgan fingerprint density at radius 2 is 2.05 bits per heavy atom. The fourth-order valence-electron chi connectivity index (χ4n) is 3.47. The Kier molecular flexibility index (Phi) is 4.63. The molecule has 2 fully saturated rings. The first kappa shape index (κ1) is 14.0. The van der Waals surface area contributed by atoms with E-state index in [0.29, 0.717) is 0 Å². The lowest BCUT2D eigenvalue weighted by Crippen LogP contribution is -2.40. The Morgan fingerprint density at radius 1 is 1.20 bits per heavy atom. The summed E-state index contributed by atoms with van der Waals surface area (Å²) in [5.41, 5.74) is 1.18. The molecular weight excluding hydrogens is 248 g/mol. The molecule has 0 aromatic carbocycles. The number of aryl methyl sites for hydroxylation is 1. The summed E-state index contributed by atoms with van der Waals surface area (Å²) in [6, 6.07) is 2.84. The molecule has 0 unspecified atom stereocenters. The fourth-order valence-corrected chi connectivity index (χ4v) is 3.47. The van der Waals surface area contributed by atoms with Crippen LogP contribution in [0.2, 0.25) is 0 Å². The second kappa shape index (κ2) is 6.64. The Morgan fingerprint density at radius 3 is 2.85 bits per heavy atom. The van der Waals surface area contributed by atoms with Crippen molar-refractivity contribution in [2.45, 2.75) is 51.6 Å². The molecule has 2 aliphatic heterocycles. The predicted octanol–water partition coefficient (Wildman–Crippen LogP) is 2.10. The van der Waals surface area contributed by atoms with Crippen molar-refractivity contribution >= 4 is 0 Å². The second-order valence-corrected chi connectivity index (χ2v) is 6.09. The predicted molar refractivity (Wildman–Crippen MR) is 80.5 cm³/mol. The van der Waals surface area contributed by atoms with Gasteiger partial charge < -0.3 is 0 Å². The lowest BCUT2D eigenvalue weighted by atomic mass is 10.1. The number of rotatable bonds is 4. The van der Waals surface area contributed by atoms with Gasteiger partial charge in [-0.2, -0.15) is 0 Å². The SMILES string of the molecule is CCc1nccc(CN2CC[C@H](N3CCCCC3)C2)n1. The van der Waals surface area contributed by atoms with Gasteiger partial charge in [0.05, 0.1) is 5.69 Å². The first-order chi connectivity index (χ1) is 9.85. The molecule has 3 heterocycles. The van der Waals surface area contributed by atoms with Crippen LogP contribution in [-0.2, 0) is 13.0 Å². The number of piperidine rings is 1. The van der Waals surface area contributed by atoms with E-state index >= 15 is 0 Å². The molecule has 1 atom stereocenters. The van der Waals surface area contributed by atoms with Crippen molar-refractivity contribution in [1.82, 2.24) is 19.8 Å². The summed E-state index contributed by atoms with van der Waals surface area (Å²) in [5.74, 6) is 0.967. The molecule has 0 spiro atoms. The van der Waals surface area contributed by atoms with Crippen molar-refractivity contribution in [3.8, 4) is 0 Å². The lowest BCUT2D eigenvalue weighted by Gasteiger charge is -2.32. The summed E-state index contributed by atoms with van der Waals surface area (Å²) in [5, 5.41) is 0. The van der Waals surface area contributed by atoms with Gasteiger partial charge in [-0.1, -0.05) is 13.3 Å². The third-order valence-electron chi connectivity index (χ3n) is 4.62.